The molecule has 2 N–H and O–H groups in total. The minimum atomic E-state index is -3.51. The van der Waals surface area contributed by atoms with Crippen LogP contribution in [-0.4, -0.2) is 51.0 Å². The molecule has 1 saturated heterocycles. The van der Waals surface area contributed by atoms with Crippen molar-refractivity contribution in [2.75, 3.05) is 24.6 Å². The quantitative estimate of drug-likeness (QED) is 0.838. The average molecular weight is 346 g/mol. The van der Waals surface area contributed by atoms with Crippen LogP contribution in [0.15, 0.2) is 18.2 Å². The van der Waals surface area contributed by atoms with Crippen LogP contribution < -0.4 is 10.0 Å². The van der Waals surface area contributed by atoms with Gasteiger partial charge in [0.15, 0.2) is 0 Å². The number of sulfonamides is 1. The lowest BCUT2D eigenvalue weighted by atomic mass is 10.1. The first-order chi connectivity index (χ1) is 10.2. The van der Waals surface area contributed by atoms with Gasteiger partial charge in [0.25, 0.3) is 5.91 Å². The van der Waals surface area contributed by atoms with E-state index < -0.39 is 22.0 Å². The summed E-state index contributed by atoms with van der Waals surface area (Å²) in [5, 5.41) is 2.81. The number of likely N-dealkylation sites (tertiary alicyclic amines) is 1. The minimum Gasteiger partial charge on any atom is -0.344 e. The Morgan fingerprint density at radius 1 is 1.41 bits per heavy atom. The zero-order chi connectivity index (χ0) is 16.5. The lowest BCUT2D eigenvalue weighted by Crippen LogP contribution is -2.40. The normalized spacial score (nSPS) is 18.4. The van der Waals surface area contributed by atoms with E-state index >= 15 is 0 Å². The molecule has 9 heteroatoms. The Balaban J connectivity index is 2.17. The Morgan fingerprint density at radius 3 is 2.64 bits per heavy atom. The van der Waals surface area contributed by atoms with E-state index in [9.17, 15) is 18.0 Å². The van der Waals surface area contributed by atoms with Crippen LogP contribution >= 0.6 is 11.6 Å². The molecule has 1 aromatic rings. The fourth-order valence-corrected chi connectivity index (χ4v) is 2.93. The van der Waals surface area contributed by atoms with Crippen molar-refractivity contribution in [1.82, 2.24) is 10.2 Å². The molecule has 120 valence electrons. The van der Waals surface area contributed by atoms with Crippen molar-refractivity contribution in [2.24, 2.45) is 0 Å². The van der Waals surface area contributed by atoms with Gasteiger partial charge in [0.2, 0.25) is 15.9 Å². The fourth-order valence-electron chi connectivity index (χ4n) is 2.14. The van der Waals surface area contributed by atoms with Gasteiger partial charge in [-0.05, 0) is 24.6 Å². The molecule has 2 rings (SSSR count). The number of rotatable bonds is 4. The smallest absolute Gasteiger partial charge is 0.252 e. The van der Waals surface area contributed by atoms with Gasteiger partial charge in [-0.15, -0.1) is 0 Å². The van der Waals surface area contributed by atoms with Gasteiger partial charge in [-0.3, -0.25) is 14.3 Å². The van der Waals surface area contributed by atoms with E-state index in [1.807, 2.05) is 0 Å². The topological polar surface area (TPSA) is 95.6 Å². The van der Waals surface area contributed by atoms with E-state index in [0.29, 0.717) is 13.0 Å². The Labute approximate surface area is 133 Å². The van der Waals surface area contributed by atoms with E-state index in [1.54, 1.807) is 11.9 Å². The van der Waals surface area contributed by atoms with Gasteiger partial charge in [0.05, 0.1) is 17.0 Å². The third-order valence-electron chi connectivity index (χ3n) is 3.26. The molecular formula is C13H16ClN3O4S. The van der Waals surface area contributed by atoms with Crippen LogP contribution in [0.4, 0.5) is 5.69 Å². The molecule has 0 radical (unpaired) electrons. The fraction of sp³-hybridized carbons (Fsp3) is 0.385. The molecular weight excluding hydrogens is 330 g/mol. The number of nitrogens with one attached hydrogen (secondary N) is 2. The SMILES string of the molecule is CN1CCC(NC(=O)c2ccc(Cl)c(NS(C)(=O)=O)c2)C1=O. The number of halogens is 1. The van der Waals surface area contributed by atoms with Crippen LogP contribution in [0.25, 0.3) is 0 Å². The lowest BCUT2D eigenvalue weighted by Gasteiger charge is -2.13. The average Bonchev–Trinajstić information content (AvgIpc) is 2.71. The van der Waals surface area contributed by atoms with Crippen molar-refractivity contribution >= 4 is 39.1 Å². The number of anilines is 1. The van der Waals surface area contributed by atoms with Crippen LogP contribution in [0.2, 0.25) is 5.02 Å². The number of carbonyl (C=O) groups excluding carboxylic acids is 2. The predicted octanol–water partition coefficient (Wildman–Crippen LogP) is 0.672. The third kappa shape index (κ3) is 3.89. The summed E-state index contributed by atoms with van der Waals surface area (Å²) >= 11 is 5.90. The van der Waals surface area contributed by atoms with Gasteiger partial charge in [0.1, 0.15) is 6.04 Å². The predicted molar refractivity (Wildman–Crippen MR) is 83.4 cm³/mol. The maximum absolute atomic E-state index is 12.2. The number of likely N-dealkylation sites (N-methyl/N-ethyl adjacent to an activating group) is 1. The van der Waals surface area contributed by atoms with Gasteiger partial charge < -0.3 is 10.2 Å². The first-order valence-corrected chi connectivity index (χ1v) is 8.77. The second-order valence-corrected chi connectivity index (χ2v) is 7.30. The van der Waals surface area contributed by atoms with E-state index in [-0.39, 0.29) is 22.2 Å². The van der Waals surface area contributed by atoms with Crippen LogP contribution in [0.5, 0.6) is 0 Å². The molecule has 1 aliphatic rings. The number of amides is 2. The molecule has 22 heavy (non-hydrogen) atoms. The molecule has 0 aromatic heterocycles. The summed E-state index contributed by atoms with van der Waals surface area (Å²) in [6, 6.07) is 3.67. The first kappa shape index (κ1) is 16.6. The summed E-state index contributed by atoms with van der Waals surface area (Å²) in [5.74, 6) is -0.598. The van der Waals surface area contributed by atoms with Gasteiger partial charge in [-0.1, -0.05) is 11.6 Å². The third-order valence-corrected chi connectivity index (χ3v) is 4.18. The van der Waals surface area contributed by atoms with Crippen LogP contribution in [0.3, 0.4) is 0 Å². The molecule has 2 amide bonds. The molecule has 0 aliphatic carbocycles. The molecule has 1 atom stereocenters. The van der Waals surface area contributed by atoms with E-state index in [1.165, 1.54) is 18.2 Å². The van der Waals surface area contributed by atoms with Crippen LogP contribution in [0, 0.1) is 0 Å². The summed E-state index contributed by atoms with van der Waals surface area (Å²) in [5.41, 5.74) is 0.338. The summed E-state index contributed by atoms with van der Waals surface area (Å²) in [7, 11) is -1.84. The Morgan fingerprint density at radius 2 is 2.09 bits per heavy atom. The zero-order valence-corrected chi connectivity index (χ0v) is 13.7. The summed E-state index contributed by atoms with van der Waals surface area (Å²) in [4.78, 5) is 25.5. The van der Waals surface area contributed by atoms with Gasteiger partial charge in [-0.25, -0.2) is 8.42 Å². The molecule has 0 spiro atoms. The van der Waals surface area contributed by atoms with Crippen molar-refractivity contribution in [2.45, 2.75) is 12.5 Å². The highest BCUT2D eigenvalue weighted by Gasteiger charge is 2.30. The van der Waals surface area contributed by atoms with E-state index in [0.717, 1.165) is 6.26 Å². The molecule has 0 bridgehead atoms. The maximum Gasteiger partial charge on any atom is 0.252 e. The zero-order valence-electron chi connectivity index (χ0n) is 12.1. The van der Waals surface area contributed by atoms with Crippen molar-refractivity contribution in [1.29, 1.82) is 0 Å². The molecule has 7 nitrogen and oxygen atoms in total. The number of hydrogen-bond donors (Lipinski definition) is 2. The second kappa shape index (κ2) is 6.13. The van der Waals surface area contributed by atoms with E-state index in [4.69, 9.17) is 11.6 Å². The van der Waals surface area contributed by atoms with Gasteiger partial charge in [-0.2, -0.15) is 0 Å². The van der Waals surface area contributed by atoms with Crippen molar-refractivity contribution < 1.29 is 18.0 Å². The first-order valence-electron chi connectivity index (χ1n) is 6.50. The van der Waals surface area contributed by atoms with Crippen molar-refractivity contribution in [3.63, 3.8) is 0 Å². The summed E-state index contributed by atoms with van der Waals surface area (Å²) in [6.45, 7) is 0.589. The van der Waals surface area contributed by atoms with Gasteiger partial charge in [0, 0.05) is 19.2 Å². The van der Waals surface area contributed by atoms with Crippen molar-refractivity contribution in [3.8, 4) is 0 Å². The number of hydrogen-bond acceptors (Lipinski definition) is 4. The molecule has 1 heterocycles. The lowest BCUT2D eigenvalue weighted by molar-refractivity contribution is -0.128. The Bertz CT molecular complexity index is 720. The highest BCUT2D eigenvalue weighted by molar-refractivity contribution is 7.92. The second-order valence-electron chi connectivity index (χ2n) is 5.14. The molecule has 1 fully saturated rings. The maximum atomic E-state index is 12.2. The van der Waals surface area contributed by atoms with Crippen LogP contribution in [-0.2, 0) is 14.8 Å². The molecule has 0 saturated carbocycles. The molecule has 1 unspecified atom stereocenters. The van der Waals surface area contributed by atoms with Gasteiger partial charge >= 0.3 is 0 Å². The number of benzene rings is 1. The van der Waals surface area contributed by atoms with Crippen molar-refractivity contribution in [3.05, 3.63) is 28.8 Å². The highest BCUT2D eigenvalue weighted by atomic mass is 35.5. The largest absolute Gasteiger partial charge is 0.344 e. The van der Waals surface area contributed by atoms with Crippen LogP contribution in [0.1, 0.15) is 16.8 Å². The monoisotopic (exact) mass is 345 g/mol. The molecule has 1 aliphatic heterocycles. The molecule has 1 aromatic carbocycles. The van der Waals surface area contributed by atoms with E-state index in [2.05, 4.69) is 10.0 Å². The standard InChI is InChI=1S/C13H16ClN3O4S/c1-17-6-5-10(13(17)19)15-12(18)8-3-4-9(14)11(7-8)16-22(2,20)21/h3-4,7,10,16H,5-6H2,1-2H3,(H,15,18). The minimum absolute atomic E-state index is 0.117. The number of carbonyl (C=O) groups is 2. The summed E-state index contributed by atoms with van der Waals surface area (Å²) in [6.07, 6.45) is 1.53. The Hall–Kier alpha value is -1.80. The Kier molecular flexibility index (Phi) is 4.62. The number of nitrogens with zero attached hydrogens (tertiary/aromatic N) is 1. The highest BCUT2D eigenvalue weighted by Crippen LogP contribution is 2.24. The summed E-state index contributed by atoms with van der Waals surface area (Å²) < 4.78 is 24.8.